The zero-order chi connectivity index (χ0) is 27.6. The number of nitro benzene ring substituents is 1. The number of nitriles is 1. The van der Waals surface area contributed by atoms with Gasteiger partial charge in [-0.15, -0.1) is 0 Å². The Morgan fingerprint density at radius 3 is 2.34 bits per heavy atom. The molecule has 1 aliphatic heterocycles. The highest BCUT2D eigenvalue weighted by atomic mass is 19.1. The van der Waals surface area contributed by atoms with Crippen LogP contribution in [0.5, 0.6) is 0 Å². The van der Waals surface area contributed by atoms with E-state index in [4.69, 9.17) is 10.00 Å². The molecule has 198 valence electrons. The van der Waals surface area contributed by atoms with Crippen LogP contribution >= 0.6 is 0 Å². The van der Waals surface area contributed by atoms with Gasteiger partial charge in [0.2, 0.25) is 0 Å². The molecule has 0 bridgehead atoms. The van der Waals surface area contributed by atoms with Gasteiger partial charge in [-0.2, -0.15) is 5.26 Å². The van der Waals surface area contributed by atoms with Crippen molar-refractivity contribution in [3.63, 3.8) is 0 Å². The fourth-order valence-corrected chi connectivity index (χ4v) is 4.45. The van der Waals surface area contributed by atoms with Crippen molar-refractivity contribution in [1.29, 1.82) is 5.26 Å². The number of carbonyl (C=O) groups excluding carboxylic acids is 1. The van der Waals surface area contributed by atoms with Gasteiger partial charge in [-0.1, -0.05) is 12.1 Å². The number of hydrogen-bond donors (Lipinski definition) is 0. The number of rotatable bonds is 5. The quantitative estimate of drug-likeness (QED) is 0.326. The molecule has 9 nitrogen and oxygen atoms in total. The lowest BCUT2D eigenvalue weighted by Gasteiger charge is -2.37. The number of carbonyl (C=O) groups is 1. The van der Waals surface area contributed by atoms with Crippen LogP contribution in [0, 0.1) is 34.2 Å². The van der Waals surface area contributed by atoms with E-state index < -0.39 is 22.4 Å². The van der Waals surface area contributed by atoms with Crippen LogP contribution in [0.3, 0.4) is 0 Å². The fourth-order valence-electron chi connectivity index (χ4n) is 4.45. The molecular weight excluding hydrogens is 489 g/mol. The Balaban J connectivity index is 1.57. The van der Waals surface area contributed by atoms with E-state index >= 15 is 4.39 Å². The second-order valence-electron chi connectivity index (χ2n) is 10.3. The molecule has 4 rings (SSSR count). The molecule has 0 aliphatic carbocycles. The molecule has 3 aromatic rings. The number of hydrogen-bond acceptors (Lipinski definition) is 6. The summed E-state index contributed by atoms with van der Waals surface area (Å²) in [7, 11) is 0. The largest absolute Gasteiger partial charge is 0.444 e. The monoisotopic (exact) mass is 519 g/mol. The minimum absolute atomic E-state index is 0.184. The second kappa shape index (κ2) is 10.5. The molecule has 2 heterocycles. The molecular formula is C28H30FN5O4. The number of amides is 1. The first-order valence-corrected chi connectivity index (χ1v) is 12.3. The average Bonchev–Trinajstić information content (AvgIpc) is 3.23. The second-order valence-corrected chi connectivity index (χ2v) is 10.3. The van der Waals surface area contributed by atoms with Crippen LogP contribution in [0.15, 0.2) is 48.7 Å². The van der Waals surface area contributed by atoms with Crippen LogP contribution in [0.1, 0.15) is 37.6 Å². The molecule has 0 saturated carbocycles. The van der Waals surface area contributed by atoms with Crippen LogP contribution in [-0.4, -0.2) is 52.3 Å². The summed E-state index contributed by atoms with van der Waals surface area (Å²) in [6.45, 7) is 8.94. The van der Waals surface area contributed by atoms with Crippen molar-refractivity contribution in [3.8, 4) is 17.2 Å². The molecule has 0 atom stereocenters. The van der Waals surface area contributed by atoms with Crippen molar-refractivity contribution in [2.45, 2.75) is 39.8 Å². The van der Waals surface area contributed by atoms with Crippen LogP contribution in [0.2, 0.25) is 0 Å². The first-order chi connectivity index (χ1) is 17.9. The third kappa shape index (κ3) is 5.94. The number of piperazine rings is 1. The number of halogens is 1. The van der Waals surface area contributed by atoms with Crippen molar-refractivity contribution in [3.05, 3.63) is 81.4 Å². The Morgan fingerprint density at radius 2 is 1.76 bits per heavy atom. The van der Waals surface area contributed by atoms with E-state index in [1.165, 1.54) is 6.07 Å². The first-order valence-electron chi connectivity index (χ1n) is 12.3. The molecule has 1 amide bonds. The Morgan fingerprint density at radius 1 is 1.11 bits per heavy atom. The Labute approximate surface area is 220 Å². The summed E-state index contributed by atoms with van der Waals surface area (Å²) in [5, 5.41) is 20.8. The summed E-state index contributed by atoms with van der Waals surface area (Å²) < 4.78 is 22.4. The maximum atomic E-state index is 15.1. The minimum Gasteiger partial charge on any atom is -0.444 e. The number of anilines is 1. The third-order valence-corrected chi connectivity index (χ3v) is 6.42. The first kappa shape index (κ1) is 26.7. The van der Waals surface area contributed by atoms with Gasteiger partial charge in [-0.25, -0.2) is 9.18 Å². The lowest BCUT2D eigenvalue weighted by molar-refractivity contribution is -0.385. The van der Waals surface area contributed by atoms with Crippen molar-refractivity contribution >= 4 is 17.5 Å². The average molecular weight is 520 g/mol. The normalized spacial score (nSPS) is 13.8. The number of aryl methyl sites for hydroxylation is 1. The predicted molar refractivity (Wildman–Crippen MR) is 141 cm³/mol. The summed E-state index contributed by atoms with van der Waals surface area (Å²) in [5.74, 6) is -0.673. The van der Waals surface area contributed by atoms with E-state index in [1.807, 2.05) is 35.9 Å². The molecule has 0 spiro atoms. The number of ether oxygens (including phenoxy) is 1. The van der Waals surface area contributed by atoms with E-state index in [-0.39, 0.29) is 17.9 Å². The van der Waals surface area contributed by atoms with Crippen LogP contribution in [0.25, 0.3) is 11.1 Å². The molecule has 10 heteroatoms. The molecule has 0 unspecified atom stereocenters. The summed E-state index contributed by atoms with van der Waals surface area (Å²) >= 11 is 0. The van der Waals surface area contributed by atoms with Gasteiger partial charge < -0.3 is 19.1 Å². The van der Waals surface area contributed by atoms with Crippen LogP contribution < -0.4 is 4.90 Å². The number of aromatic nitrogens is 1. The molecule has 1 fully saturated rings. The standard InChI is InChI=1S/C28H30FN5O4/c1-19-13-22(21-7-5-20(16-30)6-8-21)17-33(19)18-23-14-26(24(29)15-25(23)34(36)37)31-9-11-32(12-10-31)27(35)38-28(2,3)4/h5-8,13-15,17H,9-12,18H2,1-4H3. The lowest BCUT2D eigenvalue weighted by atomic mass is 10.1. The Hall–Kier alpha value is -4.39. The SMILES string of the molecule is Cc1cc(-c2ccc(C#N)cc2)cn1Cc1cc(N2CCN(C(=O)OC(C)(C)C)CC2)c(F)cc1[N+](=O)[O-]. The van der Waals surface area contributed by atoms with Crippen molar-refractivity contribution in [1.82, 2.24) is 9.47 Å². The van der Waals surface area contributed by atoms with E-state index in [0.717, 1.165) is 22.9 Å². The van der Waals surface area contributed by atoms with E-state index in [2.05, 4.69) is 6.07 Å². The number of nitro groups is 1. The smallest absolute Gasteiger partial charge is 0.410 e. The topological polar surface area (TPSA) is 105 Å². The predicted octanol–water partition coefficient (Wildman–Crippen LogP) is 5.49. The Kier molecular flexibility index (Phi) is 7.39. The highest BCUT2D eigenvalue weighted by Crippen LogP contribution is 2.31. The molecule has 0 radical (unpaired) electrons. The minimum atomic E-state index is -0.673. The third-order valence-electron chi connectivity index (χ3n) is 6.42. The van der Waals surface area contributed by atoms with Crippen molar-refractivity contribution in [2.75, 3.05) is 31.1 Å². The molecule has 1 aromatic heterocycles. The van der Waals surface area contributed by atoms with E-state index in [1.54, 1.807) is 42.7 Å². The van der Waals surface area contributed by atoms with E-state index in [0.29, 0.717) is 37.3 Å². The molecule has 1 saturated heterocycles. The van der Waals surface area contributed by atoms with Crippen molar-refractivity contribution in [2.24, 2.45) is 0 Å². The molecule has 38 heavy (non-hydrogen) atoms. The van der Waals surface area contributed by atoms with Gasteiger partial charge >= 0.3 is 6.09 Å². The molecule has 1 aliphatic rings. The fraction of sp³-hybridized carbons (Fsp3) is 0.357. The lowest BCUT2D eigenvalue weighted by Crippen LogP contribution is -2.50. The zero-order valence-electron chi connectivity index (χ0n) is 21.9. The van der Waals surface area contributed by atoms with Gasteiger partial charge in [0.1, 0.15) is 5.60 Å². The van der Waals surface area contributed by atoms with Crippen LogP contribution in [0.4, 0.5) is 20.6 Å². The summed E-state index contributed by atoms with van der Waals surface area (Å²) in [4.78, 5) is 27.0. The zero-order valence-corrected chi connectivity index (χ0v) is 21.9. The number of nitrogens with zero attached hydrogens (tertiary/aromatic N) is 5. The van der Waals surface area contributed by atoms with Gasteiger partial charge in [-0.3, -0.25) is 10.1 Å². The van der Waals surface area contributed by atoms with Gasteiger partial charge in [0.15, 0.2) is 5.82 Å². The molecule has 2 aromatic carbocycles. The summed E-state index contributed by atoms with van der Waals surface area (Å²) in [6, 6.07) is 13.8. The van der Waals surface area contributed by atoms with Gasteiger partial charge in [-0.05, 0) is 63.1 Å². The van der Waals surface area contributed by atoms with E-state index in [9.17, 15) is 14.9 Å². The maximum Gasteiger partial charge on any atom is 0.410 e. The van der Waals surface area contributed by atoms with Gasteiger partial charge in [0, 0.05) is 38.1 Å². The van der Waals surface area contributed by atoms with Crippen LogP contribution in [-0.2, 0) is 11.3 Å². The van der Waals surface area contributed by atoms with Crippen molar-refractivity contribution < 1.29 is 18.8 Å². The highest BCUT2D eigenvalue weighted by Gasteiger charge is 2.28. The summed E-state index contributed by atoms with van der Waals surface area (Å²) in [6.07, 6.45) is 1.48. The Bertz CT molecular complexity index is 1390. The number of benzene rings is 2. The summed E-state index contributed by atoms with van der Waals surface area (Å²) in [5.41, 5.74) is 3.04. The highest BCUT2D eigenvalue weighted by molar-refractivity contribution is 5.69. The van der Waals surface area contributed by atoms with Gasteiger partial charge in [0.05, 0.1) is 40.4 Å². The van der Waals surface area contributed by atoms with Gasteiger partial charge in [0.25, 0.3) is 5.69 Å². The maximum absolute atomic E-state index is 15.1. The molecule has 0 N–H and O–H groups in total.